The Kier molecular flexibility index (Phi) is 4.68. The van der Waals surface area contributed by atoms with E-state index in [2.05, 4.69) is 10.6 Å². The normalized spacial score (nSPS) is 10.3. The lowest BCUT2D eigenvalue weighted by Gasteiger charge is -2.08. The molecule has 0 saturated heterocycles. The van der Waals surface area contributed by atoms with Crippen molar-refractivity contribution in [3.05, 3.63) is 76.7 Å². The Bertz CT molecular complexity index is 785. The Morgan fingerprint density at radius 3 is 2.43 bits per heavy atom. The minimum Gasteiger partial charge on any atom is -0.355 e. The Labute approximate surface area is 137 Å². The Balaban J connectivity index is 1.59. The first kappa shape index (κ1) is 15.2. The minimum absolute atomic E-state index is 0.0433. The second-order valence-electron chi connectivity index (χ2n) is 5.02. The van der Waals surface area contributed by atoms with Crippen LogP contribution < -0.4 is 10.6 Å². The molecule has 0 atom stereocenters. The second-order valence-corrected chi connectivity index (χ2v) is 6.05. The van der Waals surface area contributed by atoms with Gasteiger partial charge in [-0.15, -0.1) is 11.3 Å². The highest BCUT2D eigenvalue weighted by molar-refractivity contribution is 7.10. The number of carbonyl (C=O) groups is 1. The minimum atomic E-state index is -0.285. The number of carbonyl (C=O) groups excluding carboxylic acids is 1. The molecule has 3 nitrogen and oxygen atoms in total. The van der Waals surface area contributed by atoms with Crippen molar-refractivity contribution in [3.8, 4) is 0 Å². The predicted octanol–water partition coefficient (Wildman–Crippen LogP) is 4.81. The molecule has 0 radical (unpaired) electrons. The molecule has 0 aliphatic carbocycles. The summed E-state index contributed by atoms with van der Waals surface area (Å²) in [7, 11) is 0. The maximum atomic E-state index is 13.1. The summed E-state index contributed by atoms with van der Waals surface area (Å²) in [6, 6.07) is 17.4. The molecule has 1 amide bonds. The van der Waals surface area contributed by atoms with E-state index < -0.39 is 0 Å². The molecule has 0 unspecified atom stereocenters. The van der Waals surface area contributed by atoms with Crippen LogP contribution in [-0.4, -0.2) is 5.91 Å². The summed E-state index contributed by atoms with van der Waals surface area (Å²) in [5.74, 6) is -0.328. The van der Waals surface area contributed by atoms with E-state index in [0.717, 1.165) is 16.3 Å². The van der Waals surface area contributed by atoms with Gasteiger partial charge in [0.15, 0.2) is 0 Å². The summed E-state index contributed by atoms with van der Waals surface area (Å²) in [5.41, 5.74) is 2.24. The second kappa shape index (κ2) is 7.07. The topological polar surface area (TPSA) is 41.1 Å². The maximum absolute atomic E-state index is 13.1. The van der Waals surface area contributed by atoms with E-state index in [9.17, 15) is 9.18 Å². The van der Waals surface area contributed by atoms with Crippen molar-refractivity contribution in [3.63, 3.8) is 0 Å². The first-order chi connectivity index (χ1) is 11.2. The van der Waals surface area contributed by atoms with Crippen molar-refractivity contribution in [1.82, 2.24) is 0 Å². The number of hydrogen-bond acceptors (Lipinski definition) is 3. The summed E-state index contributed by atoms with van der Waals surface area (Å²) in [5, 5.41) is 7.92. The van der Waals surface area contributed by atoms with Crippen LogP contribution in [0.5, 0.6) is 0 Å². The molecule has 0 spiro atoms. The molecule has 2 N–H and O–H groups in total. The molecule has 0 bridgehead atoms. The van der Waals surface area contributed by atoms with Crippen LogP contribution >= 0.6 is 11.3 Å². The Hall–Kier alpha value is -2.66. The van der Waals surface area contributed by atoms with Gasteiger partial charge in [-0.25, -0.2) is 4.39 Å². The third-order valence-electron chi connectivity index (χ3n) is 3.20. The molecule has 3 aromatic rings. The number of nitrogens with one attached hydrogen (secondary N) is 2. The van der Waals surface area contributed by atoms with Crippen LogP contribution in [0.15, 0.2) is 66.0 Å². The SMILES string of the molecule is O=C(Cc1cccs1)Nc1ccc(Nc2cccc(F)c2)cc1. The van der Waals surface area contributed by atoms with Gasteiger partial charge < -0.3 is 10.6 Å². The van der Waals surface area contributed by atoms with Crippen LogP contribution in [0.3, 0.4) is 0 Å². The number of hydrogen-bond donors (Lipinski definition) is 2. The van der Waals surface area contributed by atoms with E-state index in [-0.39, 0.29) is 11.7 Å². The van der Waals surface area contributed by atoms with Crippen molar-refractivity contribution in [1.29, 1.82) is 0 Å². The zero-order valence-electron chi connectivity index (χ0n) is 12.3. The number of thiophene rings is 1. The lowest BCUT2D eigenvalue weighted by atomic mass is 10.2. The number of amides is 1. The third-order valence-corrected chi connectivity index (χ3v) is 4.07. The van der Waals surface area contributed by atoms with E-state index in [1.807, 2.05) is 41.8 Å². The highest BCUT2D eigenvalue weighted by atomic mass is 32.1. The van der Waals surface area contributed by atoms with Gasteiger partial charge in [0, 0.05) is 21.9 Å². The van der Waals surface area contributed by atoms with Crippen LogP contribution in [0.25, 0.3) is 0 Å². The van der Waals surface area contributed by atoms with Crippen molar-refractivity contribution in [2.45, 2.75) is 6.42 Å². The Morgan fingerprint density at radius 1 is 0.957 bits per heavy atom. The molecule has 0 saturated carbocycles. The van der Waals surface area contributed by atoms with Crippen LogP contribution in [0.4, 0.5) is 21.5 Å². The molecule has 0 aliphatic heterocycles. The first-order valence-corrected chi connectivity index (χ1v) is 8.02. The first-order valence-electron chi connectivity index (χ1n) is 7.14. The van der Waals surface area contributed by atoms with E-state index in [4.69, 9.17) is 0 Å². The molecule has 116 valence electrons. The van der Waals surface area contributed by atoms with Gasteiger partial charge in [0.1, 0.15) is 5.82 Å². The number of benzene rings is 2. The van der Waals surface area contributed by atoms with Gasteiger partial charge in [0.25, 0.3) is 0 Å². The quantitative estimate of drug-likeness (QED) is 0.706. The molecular formula is C18H15FN2OS. The number of rotatable bonds is 5. The third kappa shape index (κ3) is 4.40. The van der Waals surface area contributed by atoms with E-state index in [0.29, 0.717) is 12.1 Å². The predicted molar refractivity (Wildman–Crippen MR) is 92.8 cm³/mol. The van der Waals surface area contributed by atoms with Gasteiger partial charge >= 0.3 is 0 Å². The highest BCUT2D eigenvalue weighted by Crippen LogP contribution is 2.20. The van der Waals surface area contributed by atoms with Gasteiger partial charge in [0.2, 0.25) is 5.91 Å². The molecule has 0 aliphatic rings. The van der Waals surface area contributed by atoms with Gasteiger partial charge in [-0.1, -0.05) is 12.1 Å². The van der Waals surface area contributed by atoms with Crippen LogP contribution in [0, 0.1) is 5.82 Å². The molecule has 3 rings (SSSR count). The lowest BCUT2D eigenvalue weighted by Crippen LogP contribution is -2.13. The summed E-state index contributed by atoms with van der Waals surface area (Å²) < 4.78 is 13.1. The summed E-state index contributed by atoms with van der Waals surface area (Å²) in [6.45, 7) is 0. The van der Waals surface area contributed by atoms with Gasteiger partial charge in [-0.3, -0.25) is 4.79 Å². The van der Waals surface area contributed by atoms with Crippen LogP contribution in [-0.2, 0) is 11.2 Å². The summed E-state index contributed by atoms with van der Waals surface area (Å²) in [4.78, 5) is 13.0. The van der Waals surface area contributed by atoms with Gasteiger partial charge in [0.05, 0.1) is 6.42 Å². The van der Waals surface area contributed by atoms with Crippen LogP contribution in [0.1, 0.15) is 4.88 Å². The molecular weight excluding hydrogens is 311 g/mol. The fourth-order valence-electron chi connectivity index (χ4n) is 2.15. The van der Waals surface area contributed by atoms with Crippen LogP contribution in [0.2, 0.25) is 0 Å². The van der Waals surface area contributed by atoms with Crippen molar-refractivity contribution in [2.75, 3.05) is 10.6 Å². The molecule has 23 heavy (non-hydrogen) atoms. The smallest absolute Gasteiger partial charge is 0.229 e. The molecule has 1 aromatic heterocycles. The van der Waals surface area contributed by atoms with E-state index >= 15 is 0 Å². The monoisotopic (exact) mass is 326 g/mol. The number of halogens is 1. The maximum Gasteiger partial charge on any atom is 0.229 e. The van der Waals surface area contributed by atoms with Gasteiger partial charge in [-0.05, 0) is 53.9 Å². The summed E-state index contributed by atoms with van der Waals surface area (Å²) in [6.07, 6.45) is 0.376. The summed E-state index contributed by atoms with van der Waals surface area (Å²) >= 11 is 1.57. The molecule has 0 fully saturated rings. The largest absolute Gasteiger partial charge is 0.355 e. The average Bonchev–Trinajstić information content (AvgIpc) is 3.02. The Morgan fingerprint density at radius 2 is 1.74 bits per heavy atom. The highest BCUT2D eigenvalue weighted by Gasteiger charge is 2.05. The van der Waals surface area contributed by atoms with E-state index in [1.54, 1.807) is 23.5 Å². The van der Waals surface area contributed by atoms with Gasteiger partial charge in [-0.2, -0.15) is 0 Å². The van der Waals surface area contributed by atoms with Crippen molar-refractivity contribution >= 4 is 34.3 Å². The zero-order valence-corrected chi connectivity index (χ0v) is 13.1. The molecule has 2 aromatic carbocycles. The average molecular weight is 326 g/mol. The fourth-order valence-corrected chi connectivity index (χ4v) is 2.85. The standard InChI is InChI=1S/C18H15FN2OS/c19-13-3-1-4-16(11-13)20-14-6-8-15(9-7-14)21-18(22)12-17-5-2-10-23-17/h1-11,20H,12H2,(H,21,22). The van der Waals surface area contributed by atoms with Crippen molar-refractivity contribution in [2.24, 2.45) is 0 Å². The fraction of sp³-hybridized carbons (Fsp3) is 0.0556. The lowest BCUT2D eigenvalue weighted by molar-refractivity contribution is -0.115. The van der Waals surface area contributed by atoms with Crippen molar-refractivity contribution < 1.29 is 9.18 Å². The molecule has 5 heteroatoms. The number of anilines is 3. The molecule has 1 heterocycles. The van der Waals surface area contributed by atoms with E-state index in [1.165, 1.54) is 12.1 Å². The zero-order chi connectivity index (χ0) is 16.1.